The van der Waals surface area contributed by atoms with E-state index in [9.17, 15) is 14.4 Å². The molecule has 1 aromatic rings. The van der Waals surface area contributed by atoms with Crippen molar-refractivity contribution in [2.24, 2.45) is 0 Å². The van der Waals surface area contributed by atoms with E-state index in [4.69, 9.17) is 9.47 Å². The number of hydrogen-bond donors (Lipinski definition) is 3. The van der Waals surface area contributed by atoms with Gasteiger partial charge in [0.15, 0.2) is 0 Å². The van der Waals surface area contributed by atoms with Crippen molar-refractivity contribution in [1.29, 1.82) is 0 Å². The highest BCUT2D eigenvalue weighted by Gasteiger charge is 2.23. The van der Waals surface area contributed by atoms with Gasteiger partial charge in [0.25, 0.3) is 0 Å². The zero-order chi connectivity index (χ0) is 24.1. The van der Waals surface area contributed by atoms with Gasteiger partial charge in [-0.3, -0.25) is 0 Å². The van der Waals surface area contributed by atoms with Crippen LogP contribution in [0, 0.1) is 0 Å². The van der Waals surface area contributed by atoms with Crippen LogP contribution in [0.5, 0.6) is 0 Å². The van der Waals surface area contributed by atoms with Gasteiger partial charge in [-0.1, -0.05) is 43.0 Å². The van der Waals surface area contributed by atoms with Gasteiger partial charge in [0, 0.05) is 31.7 Å². The Morgan fingerprint density at radius 2 is 1.72 bits per heavy atom. The van der Waals surface area contributed by atoms with Crippen LogP contribution in [0.25, 0.3) is 0 Å². The third-order valence-corrected chi connectivity index (χ3v) is 4.19. The molecule has 178 valence electrons. The molecule has 0 aliphatic rings. The molecule has 0 aromatic heterocycles. The predicted octanol–water partition coefficient (Wildman–Crippen LogP) is 3.41. The average Bonchev–Trinajstić information content (AvgIpc) is 2.71. The second kappa shape index (κ2) is 13.2. The molecule has 0 aliphatic heterocycles. The van der Waals surface area contributed by atoms with Gasteiger partial charge in [-0.25, -0.2) is 14.4 Å². The molecule has 1 rings (SSSR count). The van der Waals surface area contributed by atoms with E-state index in [1.807, 2.05) is 37.3 Å². The van der Waals surface area contributed by atoms with Gasteiger partial charge < -0.3 is 30.3 Å². The molecule has 2 unspecified atom stereocenters. The number of carbonyl (C=O) groups excluding carboxylic acids is 3. The summed E-state index contributed by atoms with van der Waals surface area (Å²) in [6, 6.07) is 8.56. The Hall–Kier alpha value is -3.23. The second-order valence-corrected chi connectivity index (χ2v) is 8.46. The molecule has 4 amide bonds. The van der Waals surface area contributed by atoms with E-state index >= 15 is 0 Å². The SMILES string of the molecule is C=CCOC(=O)NCC(C)N(Cc1ccccc1)C(=O)NCC(C)NC(=O)OC(C)(C)C. The van der Waals surface area contributed by atoms with Gasteiger partial charge in [-0.15, -0.1) is 0 Å². The van der Waals surface area contributed by atoms with Crippen molar-refractivity contribution in [2.45, 2.75) is 58.8 Å². The van der Waals surface area contributed by atoms with Crippen LogP contribution in [0.15, 0.2) is 43.0 Å². The van der Waals surface area contributed by atoms with Gasteiger partial charge in [0.2, 0.25) is 0 Å². The maximum absolute atomic E-state index is 12.9. The molecule has 0 spiro atoms. The molecule has 0 fully saturated rings. The number of nitrogens with one attached hydrogen (secondary N) is 3. The van der Waals surface area contributed by atoms with Crippen LogP contribution in [0.4, 0.5) is 14.4 Å². The fourth-order valence-electron chi connectivity index (χ4n) is 2.64. The molecular weight excluding hydrogens is 412 g/mol. The fraction of sp³-hybridized carbons (Fsp3) is 0.522. The lowest BCUT2D eigenvalue weighted by molar-refractivity contribution is 0.0507. The number of amides is 4. The van der Waals surface area contributed by atoms with Crippen molar-refractivity contribution >= 4 is 18.2 Å². The van der Waals surface area contributed by atoms with Crippen molar-refractivity contribution in [3.05, 3.63) is 48.6 Å². The maximum atomic E-state index is 12.9. The molecule has 9 heteroatoms. The van der Waals surface area contributed by atoms with Gasteiger partial charge >= 0.3 is 18.2 Å². The molecule has 32 heavy (non-hydrogen) atoms. The second-order valence-electron chi connectivity index (χ2n) is 8.46. The van der Waals surface area contributed by atoms with Crippen LogP contribution in [0.2, 0.25) is 0 Å². The normalized spacial score (nSPS) is 12.7. The first-order valence-electron chi connectivity index (χ1n) is 10.6. The van der Waals surface area contributed by atoms with Crippen LogP contribution in [-0.4, -0.2) is 60.5 Å². The van der Waals surface area contributed by atoms with Gasteiger partial charge in [-0.05, 0) is 40.2 Å². The lowest BCUT2D eigenvalue weighted by Crippen LogP contribution is -2.51. The summed E-state index contributed by atoms with van der Waals surface area (Å²) in [5.41, 5.74) is 0.345. The van der Waals surface area contributed by atoms with E-state index in [1.165, 1.54) is 6.08 Å². The molecule has 0 radical (unpaired) electrons. The van der Waals surface area contributed by atoms with Gasteiger partial charge in [0.1, 0.15) is 12.2 Å². The largest absolute Gasteiger partial charge is 0.445 e. The van der Waals surface area contributed by atoms with Crippen LogP contribution in [-0.2, 0) is 16.0 Å². The topological polar surface area (TPSA) is 109 Å². The predicted molar refractivity (Wildman–Crippen MR) is 123 cm³/mol. The summed E-state index contributed by atoms with van der Waals surface area (Å²) in [6.45, 7) is 13.3. The van der Waals surface area contributed by atoms with Crippen LogP contribution >= 0.6 is 0 Å². The van der Waals surface area contributed by atoms with Crippen molar-refractivity contribution in [2.75, 3.05) is 19.7 Å². The standard InChI is InChI=1S/C23H36N4O5/c1-7-13-31-21(29)25-15-18(3)27(16-19-11-9-8-10-12-19)20(28)24-14-17(2)26-22(30)32-23(4,5)6/h7-12,17-18H,1,13-16H2,2-6H3,(H,24,28)(H,25,29)(H,26,30). The van der Waals surface area contributed by atoms with Crippen molar-refractivity contribution < 1.29 is 23.9 Å². The monoisotopic (exact) mass is 448 g/mol. The highest BCUT2D eigenvalue weighted by molar-refractivity contribution is 5.75. The zero-order valence-electron chi connectivity index (χ0n) is 19.6. The first-order chi connectivity index (χ1) is 15.0. The Labute approximate surface area is 190 Å². The fourth-order valence-corrected chi connectivity index (χ4v) is 2.64. The summed E-state index contributed by atoms with van der Waals surface area (Å²) < 4.78 is 10.1. The van der Waals surface area contributed by atoms with E-state index in [0.717, 1.165) is 5.56 Å². The minimum absolute atomic E-state index is 0.108. The highest BCUT2D eigenvalue weighted by Crippen LogP contribution is 2.09. The maximum Gasteiger partial charge on any atom is 0.407 e. The third-order valence-electron chi connectivity index (χ3n) is 4.19. The zero-order valence-corrected chi connectivity index (χ0v) is 19.6. The van der Waals surface area contributed by atoms with Gasteiger partial charge in [-0.2, -0.15) is 0 Å². The van der Waals surface area contributed by atoms with Crippen molar-refractivity contribution in [1.82, 2.24) is 20.9 Å². The van der Waals surface area contributed by atoms with E-state index in [1.54, 1.807) is 32.6 Å². The number of ether oxygens (including phenoxy) is 2. The van der Waals surface area contributed by atoms with E-state index in [2.05, 4.69) is 22.5 Å². The van der Waals surface area contributed by atoms with E-state index < -0.39 is 17.8 Å². The Bertz CT molecular complexity index is 749. The highest BCUT2D eigenvalue weighted by atomic mass is 16.6. The molecule has 0 bridgehead atoms. The first-order valence-corrected chi connectivity index (χ1v) is 10.6. The number of benzene rings is 1. The minimum Gasteiger partial charge on any atom is -0.445 e. The van der Waals surface area contributed by atoms with E-state index in [-0.39, 0.29) is 37.8 Å². The van der Waals surface area contributed by atoms with Crippen LogP contribution in [0.1, 0.15) is 40.2 Å². The lowest BCUT2D eigenvalue weighted by Gasteiger charge is -2.30. The summed E-state index contributed by atoms with van der Waals surface area (Å²) in [6.07, 6.45) is 0.355. The quantitative estimate of drug-likeness (QED) is 0.475. The molecule has 9 nitrogen and oxygen atoms in total. The Morgan fingerprint density at radius 3 is 2.31 bits per heavy atom. The smallest absolute Gasteiger partial charge is 0.407 e. The molecule has 3 N–H and O–H groups in total. The number of rotatable bonds is 10. The molecule has 0 heterocycles. The summed E-state index contributed by atoms with van der Waals surface area (Å²) in [5, 5.41) is 8.17. The van der Waals surface area contributed by atoms with Crippen molar-refractivity contribution in [3.8, 4) is 0 Å². The van der Waals surface area contributed by atoms with E-state index in [0.29, 0.717) is 6.54 Å². The Balaban J connectivity index is 2.70. The number of urea groups is 1. The number of hydrogen-bond acceptors (Lipinski definition) is 5. The number of alkyl carbamates (subject to hydrolysis) is 2. The summed E-state index contributed by atoms with van der Waals surface area (Å²) in [4.78, 5) is 38.2. The lowest BCUT2D eigenvalue weighted by atomic mass is 10.2. The first kappa shape index (κ1) is 26.8. The summed E-state index contributed by atoms with van der Waals surface area (Å²) in [7, 11) is 0. The van der Waals surface area contributed by atoms with Crippen LogP contribution < -0.4 is 16.0 Å². The van der Waals surface area contributed by atoms with Crippen LogP contribution in [0.3, 0.4) is 0 Å². The number of nitrogens with zero attached hydrogens (tertiary/aromatic N) is 1. The third kappa shape index (κ3) is 11.2. The average molecular weight is 449 g/mol. The Morgan fingerprint density at radius 1 is 1.06 bits per heavy atom. The van der Waals surface area contributed by atoms with Crippen molar-refractivity contribution in [3.63, 3.8) is 0 Å². The molecule has 0 saturated carbocycles. The molecule has 0 aliphatic carbocycles. The molecule has 2 atom stereocenters. The molecular formula is C23H36N4O5. The number of carbonyl (C=O) groups is 3. The summed E-state index contributed by atoms with van der Waals surface area (Å²) in [5.74, 6) is 0. The molecule has 1 aromatic carbocycles. The summed E-state index contributed by atoms with van der Waals surface area (Å²) >= 11 is 0. The van der Waals surface area contributed by atoms with Gasteiger partial charge in [0.05, 0.1) is 0 Å². The molecule has 0 saturated heterocycles. The Kier molecular flexibility index (Phi) is 11.1. The minimum atomic E-state index is -0.602.